The van der Waals surface area contributed by atoms with Crippen molar-refractivity contribution in [2.24, 2.45) is 0 Å². The van der Waals surface area contributed by atoms with Gasteiger partial charge in [-0.3, -0.25) is 0 Å². The summed E-state index contributed by atoms with van der Waals surface area (Å²) in [6, 6.07) is 8.44. The van der Waals surface area contributed by atoms with Crippen molar-refractivity contribution in [2.75, 3.05) is 56.4 Å². The van der Waals surface area contributed by atoms with Gasteiger partial charge in [0, 0.05) is 48.4 Å². The third kappa shape index (κ3) is 7.51. The Hall–Kier alpha value is -2.12. The van der Waals surface area contributed by atoms with Crippen molar-refractivity contribution in [2.45, 2.75) is 32.6 Å². The van der Waals surface area contributed by atoms with Crippen LogP contribution >= 0.6 is 0 Å². The summed E-state index contributed by atoms with van der Waals surface area (Å²) in [7, 11) is 16.1. The molecule has 6 heteroatoms. The van der Waals surface area contributed by atoms with E-state index in [2.05, 4.69) is 43.9 Å². The maximum Gasteiger partial charge on any atom is 0.124 e. The molecule has 0 fully saturated rings. The van der Waals surface area contributed by atoms with Gasteiger partial charge >= 0.3 is 0 Å². The fourth-order valence-corrected chi connectivity index (χ4v) is 3.95. The van der Waals surface area contributed by atoms with E-state index in [1.165, 1.54) is 11.1 Å². The molecule has 0 aliphatic heterocycles. The van der Waals surface area contributed by atoms with Gasteiger partial charge in [0.25, 0.3) is 0 Å². The molecule has 0 bridgehead atoms. The van der Waals surface area contributed by atoms with E-state index in [4.69, 9.17) is 0 Å². The molecule has 0 aliphatic carbocycles. The Morgan fingerprint density at radius 1 is 0.484 bits per heavy atom. The Labute approximate surface area is 188 Å². The van der Waals surface area contributed by atoms with E-state index in [1.54, 1.807) is 0 Å². The third-order valence-electron chi connectivity index (χ3n) is 5.01. The minimum absolute atomic E-state index is 0.387. The monoisotopic (exact) mass is 428 g/mol. The van der Waals surface area contributed by atoms with Crippen LogP contribution in [0.5, 0.6) is 11.5 Å². The lowest BCUT2D eigenvalue weighted by Gasteiger charge is -2.20. The van der Waals surface area contributed by atoms with Crippen LogP contribution < -0.4 is 0 Å². The maximum absolute atomic E-state index is 10.8. The molecule has 0 heterocycles. The molecule has 2 aromatic rings. The summed E-state index contributed by atoms with van der Waals surface area (Å²) in [5, 5.41) is 21.6. The van der Waals surface area contributed by atoms with Gasteiger partial charge in [-0.2, -0.15) is 0 Å². The summed E-state index contributed by atoms with van der Waals surface area (Å²) >= 11 is 0. The van der Waals surface area contributed by atoms with Crippen LogP contribution in [-0.2, 0) is 32.6 Å². The zero-order chi connectivity index (χ0) is 23.3. The summed E-state index contributed by atoms with van der Waals surface area (Å²) in [5.74, 6) is 0.775. The van der Waals surface area contributed by atoms with E-state index in [9.17, 15) is 10.2 Å². The number of phenolic OH excluding ortho intramolecular Hbond substituents is 2. The normalized spacial score (nSPS) is 12.0. The molecule has 172 valence electrons. The number of phenols is 2. The van der Waals surface area contributed by atoms with Gasteiger partial charge in [-0.15, -0.1) is 0 Å². The largest absolute Gasteiger partial charge is 0.507 e. The smallest absolute Gasteiger partial charge is 0.124 e. The molecule has 6 nitrogen and oxygen atoms in total. The molecule has 31 heavy (non-hydrogen) atoms. The SMILES string of the molecule is CN(C)Cc1cc(Cc2cc(CN(C)C)c(O)c(CN(C)C)c2)cc(CN(C)C)c1O. The van der Waals surface area contributed by atoms with Crippen LogP contribution in [0, 0.1) is 0 Å². The van der Waals surface area contributed by atoms with Crippen molar-refractivity contribution < 1.29 is 10.2 Å². The summed E-state index contributed by atoms with van der Waals surface area (Å²) in [4.78, 5) is 8.29. The molecule has 0 radical (unpaired) electrons. The molecule has 0 amide bonds. The summed E-state index contributed by atoms with van der Waals surface area (Å²) in [6.45, 7) is 2.75. The minimum Gasteiger partial charge on any atom is -0.507 e. The zero-order valence-corrected chi connectivity index (χ0v) is 20.5. The Balaban J connectivity index is 2.49. The Morgan fingerprint density at radius 2 is 0.710 bits per heavy atom. The van der Waals surface area contributed by atoms with E-state index >= 15 is 0 Å². The van der Waals surface area contributed by atoms with E-state index in [-0.39, 0.29) is 0 Å². The van der Waals surface area contributed by atoms with Crippen molar-refractivity contribution in [1.82, 2.24) is 19.6 Å². The summed E-state index contributed by atoms with van der Waals surface area (Å²) in [6.07, 6.45) is 0.752. The fraction of sp³-hybridized carbons (Fsp3) is 0.520. The van der Waals surface area contributed by atoms with E-state index in [0.29, 0.717) is 37.7 Å². The van der Waals surface area contributed by atoms with Gasteiger partial charge in [0.05, 0.1) is 0 Å². The number of hydrogen-bond acceptors (Lipinski definition) is 6. The number of rotatable bonds is 10. The van der Waals surface area contributed by atoms with Crippen LogP contribution in [-0.4, -0.2) is 86.2 Å². The first kappa shape index (κ1) is 25.1. The summed E-state index contributed by atoms with van der Waals surface area (Å²) in [5.41, 5.74) is 6.12. The number of hydrogen-bond donors (Lipinski definition) is 2. The van der Waals surface area contributed by atoms with Crippen molar-refractivity contribution in [1.29, 1.82) is 0 Å². The van der Waals surface area contributed by atoms with Crippen LogP contribution in [0.25, 0.3) is 0 Å². The standard InChI is InChI=1S/C25H40N4O2/c1-26(2)14-20-10-18(11-21(24(20)30)15-27(3)4)9-19-12-22(16-28(5)6)25(31)23(13-19)17-29(7)8/h10-13,30-31H,9,14-17H2,1-8H3. The molecule has 2 rings (SSSR count). The van der Waals surface area contributed by atoms with E-state index in [1.807, 2.05) is 56.4 Å². The number of aromatic hydroxyl groups is 2. The molecule has 2 aromatic carbocycles. The molecule has 2 N–H and O–H groups in total. The van der Waals surface area contributed by atoms with Gasteiger partial charge in [0.1, 0.15) is 11.5 Å². The highest BCUT2D eigenvalue weighted by Crippen LogP contribution is 2.31. The highest BCUT2D eigenvalue weighted by atomic mass is 16.3. The highest BCUT2D eigenvalue weighted by Gasteiger charge is 2.15. The number of nitrogens with zero attached hydrogens (tertiary/aromatic N) is 4. The first-order valence-electron chi connectivity index (χ1n) is 10.7. The first-order valence-corrected chi connectivity index (χ1v) is 10.7. The van der Waals surface area contributed by atoms with Gasteiger partial charge in [0.15, 0.2) is 0 Å². The Morgan fingerprint density at radius 3 is 0.903 bits per heavy atom. The van der Waals surface area contributed by atoms with Crippen LogP contribution in [0.1, 0.15) is 33.4 Å². The fourth-order valence-electron chi connectivity index (χ4n) is 3.95. The van der Waals surface area contributed by atoms with Crippen LogP contribution in [0.2, 0.25) is 0 Å². The Bertz CT molecular complexity index is 742. The van der Waals surface area contributed by atoms with Gasteiger partial charge in [0.2, 0.25) is 0 Å². The van der Waals surface area contributed by atoms with Gasteiger partial charge in [-0.25, -0.2) is 0 Å². The maximum atomic E-state index is 10.8. The predicted molar refractivity (Wildman–Crippen MR) is 129 cm³/mol. The van der Waals surface area contributed by atoms with Crippen molar-refractivity contribution in [3.8, 4) is 11.5 Å². The van der Waals surface area contributed by atoms with Crippen LogP contribution in [0.4, 0.5) is 0 Å². The molecule has 0 aromatic heterocycles. The van der Waals surface area contributed by atoms with E-state index < -0.39 is 0 Å². The second-order valence-corrected chi connectivity index (χ2v) is 9.65. The molecule has 0 atom stereocenters. The molecule has 0 saturated carbocycles. The van der Waals surface area contributed by atoms with Gasteiger partial charge in [-0.1, -0.05) is 24.3 Å². The zero-order valence-electron chi connectivity index (χ0n) is 20.5. The predicted octanol–water partition coefficient (Wildman–Crippen LogP) is 2.94. The summed E-state index contributed by atoms with van der Waals surface area (Å²) < 4.78 is 0. The molecule has 0 unspecified atom stereocenters. The van der Waals surface area contributed by atoms with Crippen molar-refractivity contribution in [3.63, 3.8) is 0 Å². The lowest BCUT2D eigenvalue weighted by Crippen LogP contribution is -2.15. The quantitative estimate of drug-likeness (QED) is 0.607. The average molecular weight is 429 g/mol. The van der Waals surface area contributed by atoms with Crippen molar-refractivity contribution >= 4 is 0 Å². The molecular weight excluding hydrogens is 388 g/mol. The molecule has 0 saturated heterocycles. The lowest BCUT2D eigenvalue weighted by atomic mass is 9.95. The molecule has 0 aliphatic rings. The van der Waals surface area contributed by atoms with Gasteiger partial charge < -0.3 is 29.8 Å². The molecular formula is C25H40N4O2. The highest BCUT2D eigenvalue weighted by molar-refractivity contribution is 5.48. The third-order valence-corrected chi connectivity index (χ3v) is 5.01. The first-order chi connectivity index (χ1) is 14.5. The average Bonchev–Trinajstić information content (AvgIpc) is 2.61. The topological polar surface area (TPSA) is 53.4 Å². The second-order valence-electron chi connectivity index (χ2n) is 9.65. The lowest BCUT2D eigenvalue weighted by molar-refractivity contribution is 0.367. The van der Waals surface area contributed by atoms with Crippen LogP contribution in [0.15, 0.2) is 24.3 Å². The second kappa shape index (κ2) is 11.0. The minimum atomic E-state index is 0.387. The van der Waals surface area contributed by atoms with Crippen LogP contribution in [0.3, 0.4) is 0 Å². The Kier molecular flexibility index (Phi) is 8.89. The van der Waals surface area contributed by atoms with E-state index in [0.717, 1.165) is 28.7 Å². The molecule has 0 spiro atoms. The van der Waals surface area contributed by atoms with Crippen molar-refractivity contribution in [3.05, 3.63) is 57.6 Å². The number of benzene rings is 2. The van der Waals surface area contributed by atoms with Gasteiger partial charge in [-0.05, 0) is 73.9 Å².